The van der Waals surface area contributed by atoms with Crippen LogP contribution in [0.15, 0.2) is 0 Å². The molecular formula is C12H20N2O3. The number of carboxylic acid groups (broad SMARTS) is 1. The first-order chi connectivity index (χ1) is 7.92. The minimum absolute atomic E-state index is 0.220. The van der Waals surface area contributed by atoms with E-state index in [-0.39, 0.29) is 11.6 Å². The van der Waals surface area contributed by atoms with Gasteiger partial charge in [-0.2, -0.15) is 0 Å². The first kappa shape index (κ1) is 12.2. The summed E-state index contributed by atoms with van der Waals surface area (Å²) >= 11 is 0. The number of nitrogens with one attached hydrogen (secondary N) is 1. The van der Waals surface area contributed by atoms with Crippen LogP contribution in [-0.4, -0.2) is 40.1 Å². The van der Waals surface area contributed by atoms with Crippen LogP contribution in [0.4, 0.5) is 4.79 Å². The van der Waals surface area contributed by atoms with Crippen molar-refractivity contribution in [1.82, 2.24) is 10.2 Å². The maximum absolute atomic E-state index is 12.1. The van der Waals surface area contributed by atoms with Crippen molar-refractivity contribution in [2.24, 2.45) is 5.92 Å². The monoisotopic (exact) mass is 240 g/mol. The number of hydrogen-bond acceptors (Lipinski definition) is 2. The average Bonchev–Trinajstić information content (AvgIpc) is 2.95. The molecular weight excluding hydrogens is 220 g/mol. The molecule has 1 aliphatic heterocycles. The van der Waals surface area contributed by atoms with Gasteiger partial charge in [-0.3, -0.25) is 0 Å². The minimum atomic E-state index is -0.901. The number of carbonyl (C=O) groups excluding carboxylic acids is 1. The fourth-order valence-electron chi connectivity index (χ4n) is 2.52. The van der Waals surface area contributed by atoms with Gasteiger partial charge < -0.3 is 15.3 Å². The van der Waals surface area contributed by atoms with Gasteiger partial charge in [-0.1, -0.05) is 0 Å². The van der Waals surface area contributed by atoms with Gasteiger partial charge in [0.25, 0.3) is 0 Å². The molecule has 2 fully saturated rings. The standard InChI is InChI=1S/C12H20N2O3/c1-12(2,8-5-6-8)13-11(17)14-7-3-4-9(14)10(15)16/h8-9H,3-7H2,1-2H3,(H,13,17)(H,15,16)/t9-/m1/s1. The largest absolute Gasteiger partial charge is 0.480 e. The molecule has 2 amide bonds. The van der Waals surface area contributed by atoms with Gasteiger partial charge in [-0.25, -0.2) is 9.59 Å². The Balaban J connectivity index is 1.97. The Labute approximate surface area is 101 Å². The number of nitrogens with zero attached hydrogens (tertiary/aromatic N) is 1. The second-order valence-electron chi connectivity index (χ2n) is 5.62. The molecule has 2 rings (SSSR count). The Morgan fingerprint density at radius 2 is 1.94 bits per heavy atom. The van der Waals surface area contributed by atoms with E-state index in [9.17, 15) is 9.59 Å². The van der Waals surface area contributed by atoms with Gasteiger partial charge in [0.15, 0.2) is 0 Å². The van der Waals surface area contributed by atoms with Crippen molar-refractivity contribution < 1.29 is 14.7 Å². The number of hydrogen-bond donors (Lipinski definition) is 2. The van der Waals surface area contributed by atoms with E-state index in [1.54, 1.807) is 0 Å². The van der Waals surface area contributed by atoms with E-state index in [1.807, 2.05) is 13.8 Å². The van der Waals surface area contributed by atoms with Crippen LogP contribution >= 0.6 is 0 Å². The van der Waals surface area contributed by atoms with Crippen molar-refractivity contribution in [3.63, 3.8) is 0 Å². The number of aliphatic carboxylic acids is 1. The number of rotatable bonds is 3. The molecule has 5 nitrogen and oxygen atoms in total. The fourth-order valence-corrected chi connectivity index (χ4v) is 2.52. The molecule has 1 heterocycles. The van der Waals surface area contributed by atoms with E-state index >= 15 is 0 Å². The van der Waals surface area contributed by atoms with E-state index in [1.165, 1.54) is 4.90 Å². The maximum atomic E-state index is 12.1. The van der Waals surface area contributed by atoms with Crippen LogP contribution in [0, 0.1) is 5.92 Å². The molecule has 1 aliphatic carbocycles. The summed E-state index contributed by atoms with van der Waals surface area (Å²) in [5.74, 6) is -0.362. The van der Waals surface area contributed by atoms with Crippen LogP contribution in [0.2, 0.25) is 0 Å². The topological polar surface area (TPSA) is 69.6 Å². The summed E-state index contributed by atoms with van der Waals surface area (Å²) in [5.41, 5.74) is -0.220. The summed E-state index contributed by atoms with van der Waals surface area (Å²) < 4.78 is 0. The van der Waals surface area contributed by atoms with Crippen LogP contribution < -0.4 is 5.32 Å². The van der Waals surface area contributed by atoms with Crippen LogP contribution in [0.3, 0.4) is 0 Å². The zero-order valence-corrected chi connectivity index (χ0v) is 10.4. The third-order valence-electron chi connectivity index (χ3n) is 3.83. The molecule has 17 heavy (non-hydrogen) atoms. The number of carboxylic acids is 1. The predicted octanol–water partition coefficient (Wildman–Crippen LogP) is 1.43. The molecule has 0 aromatic carbocycles. The molecule has 1 saturated carbocycles. The summed E-state index contributed by atoms with van der Waals surface area (Å²) in [6.45, 7) is 4.56. The van der Waals surface area contributed by atoms with Crippen LogP contribution in [0.5, 0.6) is 0 Å². The lowest BCUT2D eigenvalue weighted by Crippen LogP contribution is -2.53. The van der Waals surface area contributed by atoms with Gasteiger partial charge in [-0.05, 0) is 45.4 Å². The highest BCUT2D eigenvalue weighted by molar-refractivity contribution is 5.83. The Bertz CT molecular complexity index is 337. The summed E-state index contributed by atoms with van der Waals surface area (Å²) in [4.78, 5) is 24.5. The van der Waals surface area contributed by atoms with Crippen LogP contribution in [0.1, 0.15) is 39.5 Å². The molecule has 0 spiro atoms. The summed E-state index contributed by atoms with van der Waals surface area (Å²) in [6, 6.07) is -0.878. The molecule has 1 atom stereocenters. The molecule has 96 valence electrons. The normalized spacial score (nSPS) is 24.8. The lowest BCUT2D eigenvalue weighted by atomic mass is 9.99. The highest BCUT2D eigenvalue weighted by Gasteiger charge is 2.41. The number of likely N-dealkylation sites (tertiary alicyclic amines) is 1. The van der Waals surface area contributed by atoms with Gasteiger partial charge in [-0.15, -0.1) is 0 Å². The molecule has 0 radical (unpaired) electrons. The fraction of sp³-hybridized carbons (Fsp3) is 0.833. The number of urea groups is 1. The van der Waals surface area contributed by atoms with Gasteiger partial charge >= 0.3 is 12.0 Å². The van der Waals surface area contributed by atoms with E-state index in [2.05, 4.69) is 5.32 Å². The Kier molecular flexibility index (Phi) is 3.02. The molecule has 5 heteroatoms. The Morgan fingerprint density at radius 1 is 1.29 bits per heavy atom. The Hall–Kier alpha value is -1.26. The third kappa shape index (κ3) is 2.53. The SMILES string of the molecule is CC(C)(NC(=O)N1CCC[C@@H]1C(=O)O)C1CC1. The molecule has 1 saturated heterocycles. The molecule has 2 N–H and O–H groups in total. The number of amides is 2. The van der Waals surface area contributed by atoms with E-state index in [4.69, 9.17) is 5.11 Å². The molecule has 0 bridgehead atoms. The third-order valence-corrected chi connectivity index (χ3v) is 3.83. The van der Waals surface area contributed by atoms with Gasteiger partial charge in [0.2, 0.25) is 0 Å². The average molecular weight is 240 g/mol. The lowest BCUT2D eigenvalue weighted by Gasteiger charge is -2.30. The Morgan fingerprint density at radius 3 is 2.47 bits per heavy atom. The van der Waals surface area contributed by atoms with Crippen molar-refractivity contribution >= 4 is 12.0 Å². The van der Waals surface area contributed by atoms with Crippen molar-refractivity contribution in [2.45, 2.75) is 51.1 Å². The first-order valence-electron chi connectivity index (χ1n) is 6.23. The summed E-state index contributed by atoms with van der Waals surface area (Å²) in [5, 5.41) is 12.0. The second-order valence-corrected chi connectivity index (χ2v) is 5.62. The van der Waals surface area contributed by atoms with Gasteiger partial charge in [0.1, 0.15) is 6.04 Å². The number of carbonyl (C=O) groups is 2. The van der Waals surface area contributed by atoms with E-state index in [0.717, 1.165) is 19.3 Å². The molecule has 2 aliphatic rings. The quantitative estimate of drug-likeness (QED) is 0.784. The zero-order chi connectivity index (χ0) is 12.6. The minimum Gasteiger partial charge on any atom is -0.480 e. The van der Waals surface area contributed by atoms with Crippen molar-refractivity contribution in [3.8, 4) is 0 Å². The molecule has 0 unspecified atom stereocenters. The maximum Gasteiger partial charge on any atom is 0.326 e. The van der Waals surface area contributed by atoms with Crippen LogP contribution in [-0.2, 0) is 4.79 Å². The van der Waals surface area contributed by atoms with Crippen molar-refractivity contribution in [1.29, 1.82) is 0 Å². The molecule has 0 aromatic rings. The lowest BCUT2D eigenvalue weighted by molar-refractivity contribution is -0.141. The van der Waals surface area contributed by atoms with Gasteiger partial charge in [0, 0.05) is 12.1 Å². The summed E-state index contributed by atoms with van der Waals surface area (Å²) in [7, 11) is 0. The van der Waals surface area contributed by atoms with Gasteiger partial charge in [0.05, 0.1) is 0 Å². The van der Waals surface area contributed by atoms with Crippen LogP contribution in [0.25, 0.3) is 0 Å². The summed E-state index contributed by atoms with van der Waals surface area (Å²) in [6.07, 6.45) is 3.63. The second kappa shape index (κ2) is 4.20. The molecule has 0 aromatic heterocycles. The van der Waals surface area contributed by atoms with Crippen molar-refractivity contribution in [2.75, 3.05) is 6.54 Å². The zero-order valence-electron chi connectivity index (χ0n) is 10.4. The highest BCUT2D eigenvalue weighted by atomic mass is 16.4. The van der Waals surface area contributed by atoms with E-state index in [0.29, 0.717) is 18.9 Å². The predicted molar refractivity (Wildman–Crippen MR) is 62.7 cm³/mol. The highest BCUT2D eigenvalue weighted by Crippen LogP contribution is 2.39. The first-order valence-corrected chi connectivity index (χ1v) is 6.23. The van der Waals surface area contributed by atoms with Crippen molar-refractivity contribution in [3.05, 3.63) is 0 Å². The van der Waals surface area contributed by atoms with E-state index < -0.39 is 12.0 Å². The smallest absolute Gasteiger partial charge is 0.326 e.